The molecular weight excluding hydrogens is 311 g/mol. The van der Waals surface area contributed by atoms with Crippen molar-refractivity contribution < 1.29 is 9.18 Å². The summed E-state index contributed by atoms with van der Waals surface area (Å²) >= 11 is 3.24. The summed E-state index contributed by atoms with van der Waals surface area (Å²) in [6.45, 7) is 0.581. The quantitative estimate of drug-likeness (QED) is 0.756. The minimum atomic E-state index is -0.325. The fourth-order valence-corrected chi connectivity index (χ4v) is 2.62. The van der Waals surface area contributed by atoms with Crippen LogP contribution in [0.3, 0.4) is 0 Å². The van der Waals surface area contributed by atoms with Crippen LogP contribution in [0.15, 0.2) is 41.1 Å². The van der Waals surface area contributed by atoms with E-state index in [0.717, 1.165) is 12.0 Å². The molecule has 1 aliphatic rings. The average molecular weight is 321 g/mol. The van der Waals surface area contributed by atoms with Crippen molar-refractivity contribution in [3.05, 3.63) is 58.1 Å². The monoisotopic (exact) mass is 320 g/mol. The number of pyridine rings is 1. The minimum Gasteiger partial charge on any atom is -0.308 e. The summed E-state index contributed by atoms with van der Waals surface area (Å²) in [5.74, 6) is -0.457. The summed E-state index contributed by atoms with van der Waals surface area (Å²) in [6.07, 6.45) is 2.33. The molecular formula is C14H10BrFN2O. The van der Waals surface area contributed by atoms with Crippen molar-refractivity contribution >= 4 is 27.5 Å². The lowest BCUT2D eigenvalue weighted by Crippen LogP contribution is -2.28. The first-order valence-corrected chi connectivity index (χ1v) is 6.66. The van der Waals surface area contributed by atoms with Gasteiger partial charge in [-0.3, -0.25) is 4.79 Å². The van der Waals surface area contributed by atoms with E-state index in [1.165, 1.54) is 12.1 Å². The smallest absolute Gasteiger partial charge is 0.258 e. The molecule has 1 aliphatic heterocycles. The van der Waals surface area contributed by atoms with Crippen LogP contribution in [0.2, 0.25) is 0 Å². The minimum absolute atomic E-state index is 0.132. The van der Waals surface area contributed by atoms with Gasteiger partial charge in [-0.1, -0.05) is 6.07 Å². The Morgan fingerprint density at radius 2 is 2.16 bits per heavy atom. The van der Waals surface area contributed by atoms with Crippen LogP contribution < -0.4 is 4.90 Å². The largest absolute Gasteiger partial charge is 0.308 e. The number of nitrogens with zero attached hydrogens (tertiary/aromatic N) is 2. The number of benzene rings is 1. The number of amides is 1. The lowest BCUT2D eigenvalue weighted by atomic mass is 10.1. The molecule has 3 nitrogen and oxygen atoms in total. The summed E-state index contributed by atoms with van der Waals surface area (Å²) in [5.41, 5.74) is 2.21. The second-order valence-electron chi connectivity index (χ2n) is 4.35. The Labute approximate surface area is 118 Å². The Bertz CT molecular complexity index is 660. The van der Waals surface area contributed by atoms with Crippen LogP contribution in [0, 0.1) is 5.82 Å². The van der Waals surface area contributed by atoms with Crippen LogP contribution in [0.4, 0.5) is 10.1 Å². The lowest BCUT2D eigenvalue weighted by molar-refractivity contribution is 0.0989. The Kier molecular flexibility index (Phi) is 3.06. The number of hydrogen-bond acceptors (Lipinski definition) is 2. The zero-order valence-corrected chi connectivity index (χ0v) is 11.5. The summed E-state index contributed by atoms with van der Waals surface area (Å²) in [6, 6.07) is 7.90. The van der Waals surface area contributed by atoms with Crippen LogP contribution in [0.25, 0.3) is 0 Å². The van der Waals surface area contributed by atoms with Crippen LogP contribution in [-0.4, -0.2) is 17.4 Å². The molecule has 1 aromatic heterocycles. The van der Waals surface area contributed by atoms with E-state index in [1.54, 1.807) is 29.3 Å². The van der Waals surface area contributed by atoms with E-state index in [0.29, 0.717) is 22.4 Å². The van der Waals surface area contributed by atoms with Crippen molar-refractivity contribution in [3.63, 3.8) is 0 Å². The third-order valence-electron chi connectivity index (χ3n) is 3.16. The highest BCUT2D eigenvalue weighted by molar-refractivity contribution is 9.10. The molecule has 0 aliphatic carbocycles. The van der Waals surface area contributed by atoms with Crippen LogP contribution in [0.5, 0.6) is 0 Å². The van der Waals surface area contributed by atoms with Crippen LogP contribution in [-0.2, 0) is 6.42 Å². The van der Waals surface area contributed by atoms with Gasteiger partial charge in [-0.2, -0.15) is 0 Å². The number of anilines is 1. The van der Waals surface area contributed by atoms with Gasteiger partial charge in [0.1, 0.15) is 10.4 Å². The van der Waals surface area contributed by atoms with Gasteiger partial charge in [0, 0.05) is 18.3 Å². The molecule has 0 spiro atoms. The average Bonchev–Trinajstić information content (AvgIpc) is 2.80. The van der Waals surface area contributed by atoms with Crippen molar-refractivity contribution in [2.24, 2.45) is 0 Å². The van der Waals surface area contributed by atoms with Crippen LogP contribution in [0.1, 0.15) is 15.9 Å². The molecule has 1 amide bonds. The highest BCUT2D eigenvalue weighted by Crippen LogP contribution is 2.30. The van der Waals surface area contributed by atoms with Gasteiger partial charge in [0.2, 0.25) is 0 Å². The second-order valence-corrected chi connectivity index (χ2v) is 5.16. The van der Waals surface area contributed by atoms with E-state index in [1.807, 2.05) is 0 Å². The van der Waals surface area contributed by atoms with Crippen molar-refractivity contribution in [2.75, 3.05) is 11.4 Å². The molecule has 5 heteroatoms. The predicted octanol–water partition coefficient (Wildman–Crippen LogP) is 3.19. The molecule has 0 fully saturated rings. The Morgan fingerprint density at radius 1 is 1.32 bits per heavy atom. The second kappa shape index (κ2) is 4.74. The first-order chi connectivity index (χ1) is 9.15. The molecule has 19 heavy (non-hydrogen) atoms. The first-order valence-electron chi connectivity index (χ1n) is 5.87. The molecule has 0 atom stereocenters. The van der Waals surface area contributed by atoms with E-state index >= 15 is 0 Å². The van der Waals surface area contributed by atoms with Gasteiger partial charge in [-0.25, -0.2) is 9.37 Å². The number of rotatable bonds is 1. The molecule has 96 valence electrons. The molecule has 0 saturated carbocycles. The van der Waals surface area contributed by atoms with Crippen LogP contribution >= 0.6 is 15.9 Å². The normalized spacial score (nSPS) is 13.5. The molecule has 0 unspecified atom stereocenters. The van der Waals surface area contributed by atoms with Gasteiger partial charge in [0.05, 0.1) is 5.69 Å². The molecule has 0 radical (unpaired) electrons. The third-order valence-corrected chi connectivity index (χ3v) is 3.60. The fourth-order valence-electron chi connectivity index (χ4n) is 2.25. The summed E-state index contributed by atoms with van der Waals surface area (Å²) in [7, 11) is 0. The molecule has 0 saturated heterocycles. The summed E-state index contributed by atoms with van der Waals surface area (Å²) < 4.78 is 13.9. The van der Waals surface area contributed by atoms with Gasteiger partial charge < -0.3 is 4.90 Å². The molecule has 1 aromatic carbocycles. The number of halogens is 2. The lowest BCUT2D eigenvalue weighted by Gasteiger charge is -2.17. The number of carbonyl (C=O) groups excluding carboxylic acids is 1. The third kappa shape index (κ3) is 2.26. The molecule has 2 aromatic rings. The van der Waals surface area contributed by atoms with E-state index in [2.05, 4.69) is 20.9 Å². The van der Waals surface area contributed by atoms with Crippen molar-refractivity contribution in [3.8, 4) is 0 Å². The van der Waals surface area contributed by atoms with E-state index in [4.69, 9.17) is 0 Å². The number of hydrogen-bond donors (Lipinski definition) is 0. The Balaban J connectivity index is 1.97. The molecule has 0 N–H and O–H groups in total. The van der Waals surface area contributed by atoms with Crippen molar-refractivity contribution in [1.82, 2.24) is 4.98 Å². The zero-order valence-electron chi connectivity index (χ0n) is 9.94. The van der Waals surface area contributed by atoms with Crippen molar-refractivity contribution in [1.29, 1.82) is 0 Å². The highest BCUT2D eigenvalue weighted by Gasteiger charge is 2.26. The van der Waals surface area contributed by atoms with Gasteiger partial charge in [-0.05, 0) is 52.2 Å². The maximum atomic E-state index is 13.3. The van der Waals surface area contributed by atoms with Gasteiger partial charge >= 0.3 is 0 Å². The van der Waals surface area contributed by atoms with Gasteiger partial charge in [0.15, 0.2) is 0 Å². The van der Waals surface area contributed by atoms with Crippen molar-refractivity contribution in [2.45, 2.75) is 6.42 Å². The maximum absolute atomic E-state index is 13.3. The van der Waals surface area contributed by atoms with E-state index in [9.17, 15) is 9.18 Å². The SMILES string of the molecule is O=C(c1ccnc(Br)c1)N1CCc2ccc(F)cc21. The summed E-state index contributed by atoms with van der Waals surface area (Å²) in [4.78, 5) is 18.0. The van der Waals surface area contributed by atoms with Gasteiger partial charge in [-0.15, -0.1) is 0 Å². The Hall–Kier alpha value is -1.75. The summed E-state index contributed by atoms with van der Waals surface area (Å²) in [5, 5.41) is 0. The van der Waals surface area contributed by atoms with E-state index < -0.39 is 0 Å². The fraction of sp³-hybridized carbons (Fsp3) is 0.143. The zero-order chi connectivity index (χ0) is 13.4. The number of carbonyl (C=O) groups is 1. The number of fused-ring (bicyclic) bond motifs is 1. The topological polar surface area (TPSA) is 33.2 Å². The van der Waals surface area contributed by atoms with E-state index in [-0.39, 0.29) is 11.7 Å². The standard InChI is InChI=1S/C14H10BrFN2O/c15-13-7-10(3-5-17-13)14(19)18-6-4-9-1-2-11(16)8-12(9)18/h1-3,5,7-8H,4,6H2. The first kappa shape index (κ1) is 12.3. The Morgan fingerprint density at radius 3 is 2.95 bits per heavy atom. The molecule has 3 rings (SSSR count). The number of aromatic nitrogens is 1. The highest BCUT2D eigenvalue weighted by atomic mass is 79.9. The predicted molar refractivity (Wildman–Crippen MR) is 73.7 cm³/mol. The maximum Gasteiger partial charge on any atom is 0.258 e. The van der Waals surface area contributed by atoms with Gasteiger partial charge in [0.25, 0.3) is 5.91 Å². The molecule has 2 heterocycles. The molecule has 0 bridgehead atoms.